The van der Waals surface area contributed by atoms with Crippen molar-refractivity contribution in [2.45, 2.75) is 51.7 Å². The van der Waals surface area contributed by atoms with E-state index in [-0.39, 0.29) is 43.0 Å². The van der Waals surface area contributed by atoms with E-state index in [1.54, 1.807) is 20.1 Å². The van der Waals surface area contributed by atoms with Crippen molar-refractivity contribution >= 4 is 11.8 Å². The largest absolute Gasteiger partial charge is 1.00 e. The molecule has 1 aliphatic heterocycles. The van der Waals surface area contributed by atoms with Gasteiger partial charge < -0.3 is 24.3 Å². The van der Waals surface area contributed by atoms with E-state index in [0.29, 0.717) is 31.2 Å². The van der Waals surface area contributed by atoms with Crippen LogP contribution in [0, 0.1) is 6.92 Å². The van der Waals surface area contributed by atoms with E-state index in [0.717, 1.165) is 25.2 Å². The molecule has 1 aromatic heterocycles. The van der Waals surface area contributed by atoms with Gasteiger partial charge in [0.15, 0.2) is 5.60 Å². The third-order valence-corrected chi connectivity index (χ3v) is 4.21. The number of methoxy groups -OCH3 is 1. The molecular formula is C16H24N3NaO4. The molecule has 2 heterocycles. The van der Waals surface area contributed by atoms with Crippen LogP contribution in [0.4, 0.5) is 5.82 Å². The second-order valence-corrected chi connectivity index (χ2v) is 5.94. The summed E-state index contributed by atoms with van der Waals surface area (Å²) in [6.45, 7) is 3.31. The minimum absolute atomic E-state index is 0. The van der Waals surface area contributed by atoms with Crippen molar-refractivity contribution in [3.05, 3.63) is 11.9 Å². The number of anilines is 1. The van der Waals surface area contributed by atoms with Crippen LogP contribution in [0.3, 0.4) is 0 Å². The van der Waals surface area contributed by atoms with Crippen LogP contribution in [0.2, 0.25) is 0 Å². The molecule has 1 aromatic rings. The first-order valence-corrected chi connectivity index (χ1v) is 7.56. The molecule has 0 spiro atoms. The van der Waals surface area contributed by atoms with Crippen LogP contribution in [0.5, 0.6) is 5.88 Å². The minimum Gasteiger partial charge on any atom is -0.546 e. The molecule has 128 valence electrons. The SMILES string of the molecule is C.COC[C@@H]1CCCN1c1cc(OC2(C(=O)[O-])CC2)nc(C)n1.[Na+]. The van der Waals surface area contributed by atoms with E-state index in [1.165, 1.54) is 0 Å². The van der Waals surface area contributed by atoms with Gasteiger partial charge in [0.05, 0.1) is 18.6 Å². The Bertz CT molecular complexity index is 580. The van der Waals surface area contributed by atoms with Gasteiger partial charge in [-0.15, -0.1) is 0 Å². The summed E-state index contributed by atoms with van der Waals surface area (Å²) < 4.78 is 10.8. The zero-order valence-corrected chi connectivity index (χ0v) is 15.9. The molecule has 24 heavy (non-hydrogen) atoms. The Morgan fingerprint density at radius 3 is 2.75 bits per heavy atom. The molecule has 0 amide bonds. The molecule has 0 unspecified atom stereocenters. The predicted octanol–water partition coefficient (Wildman–Crippen LogP) is -2.30. The number of carbonyl (C=O) groups excluding carboxylic acids is 1. The van der Waals surface area contributed by atoms with Gasteiger partial charge in [-0.3, -0.25) is 0 Å². The number of carboxylic acid groups (broad SMARTS) is 1. The molecule has 1 saturated heterocycles. The van der Waals surface area contributed by atoms with Crippen molar-refractivity contribution in [1.29, 1.82) is 0 Å². The number of nitrogens with zero attached hydrogens (tertiary/aromatic N) is 3. The number of aromatic nitrogens is 2. The molecule has 1 saturated carbocycles. The van der Waals surface area contributed by atoms with Crippen LogP contribution in [-0.4, -0.2) is 47.8 Å². The standard InChI is InChI=1S/C15H21N3O4.CH4.Na/c1-10-16-12(18-7-3-4-11(18)9-21-2)8-13(17-10)22-15(5-6-15)14(19)20;;/h8,11H,3-7,9H2,1-2H3,(H,19,20);1H4;/q;;+1/p-1/t11-;;/m0../s1. The van der Waals surface area contributed by atoms with Crippen LogP contribution >= 0.6 is 0 Å². The Balaban J connectivity index is 0.00000144. The minimum atomic E-state index is -1.20. The summed E-state index contributed by atoms with van der Waals surface area (Å²) in [7, 11) is 1.69. The van der Waals surface area contributed by atoms with E-state index in [4.69, 9.17) is 9.47 Å². The predicted molar refractivity (Wildman–Crippen MR) is 83.3 cm³/mol. The number of carboxylic acids is 1. The van der Waals surface area contributed by atoms with Crippen molar-refractivity contribution in [2.75, 3.05) is 25.2 Å². The van der Waals surface area contributed by atoms with Crippen molar-refractivity contribution in [3.63, 3.8) is 0 Å². The molecule has 2 aliphatic rings. The van der Waals surface area contributed by atoms with E-state index >= 15 is 0 Å². The van der Waals surface area contributed by atoms with Gasteiger partial charge in [-0.1, -0.05) is 7.43 Å². The smallest absolute Gasteiger partial charge is 0.546 e. The van der Waals surface area contributed by atoms with Crippen LogP contribution in [0.1, 0.15) is 38.9 Å². The third kappa shape index (κ3) is 4.39. The number of carbonyl (C=O) groups is 1. The molecule has 0 bridgehead atoms. The monoisotopic (exact) mass is 345 g/mol. The average Bonchev–Trinajstić information content (AvgIpc) is 3.09. The number of hydrogen-bond acceptors (Lipinski definition) is 7. The van der Waals surface area contributed by atoms with E-state index in [2.05, 4.69) is 14.9 Å². The topological polar surface area (TPSA) is 87.6 Å². The Morgan fingerprint density at radius 1 is 1.46 bits per heavy atom. The quantitative estimate of drug-likeness (QED) is 0.536. The zero-order chi connectivity index (χ0) is 15.7. The molecule has 3 rings (SSSR count). The maximum Gasteiger partial charge on any atom is 1.00 e. The summed E-state index contributed by atoms with van der Waals surface area (Å²) in [5.74, 6) is 0.442. The van der Waals surface area contributed by atoms with Crippen LogP contribution < -0.4 is 44.3 Å². The van der Waals surface area contributed by atoms with Crippen molar-refractivity contribution in [1.82, 2.24) is 9.97 Å². The number of rotatable bonds is 6. The van der Waals surface area contributed by atoms with Crippen molar-refractivity contribution in [3.8, 4) is 5.88 Å². The van der Waals surface area contributed by atoms with Crippen LogP contribution in [0.15, 0.2) is 6.07 Å². The summed E-state index contributed by atoms with van der Waals surface area (Å²) >= 11 is 0. The first-order chi connectivity index (χ1) is 10.5. The molecule has 7 nitrogen and oxygen atoms in total. The summed E-state index contributed by atoms with van der Waals surface area (Å²) in [4.78, 5) is 22.0. The van der Waals surface area contributed by atoms with Crippen LogP contribution in [-0.2, 0) is 9.53 Å². The summed E-state index contributed by atoms with van der Waals surface area (Å²) in [5.41, 5.74) is -1.20. The average molecular weight is 345 g/mol. The zero-order valence-electron chi connectivity index (χ0n) is 13.9. The number of aliphatic carboxylic acids is 1. The Hall–Kier alpha value is -0.890. The van der Waals surface area contributed by atoms with E-state index < -0.39 is 11.6 Å². The molecule has 1 atom stereocenters. The van der Waals surface area contributed by atoms with Crippen LogP contribution in [0.25, 0.3) is 0 Å². The molecule has 2 fully saturated rings. The second-order valence-electron chi connectivity index (χ2n) is 5.94. The fourth-order valence-electron chi connectivity index (χ4n) is 2.89. The van der Waals surface area contributed by atoms with Gasteiger partial charge in [-0.25, -0.2) is 4.98 Å². The molecule has 1 aliphatic carbocycles. The molecule has 0 N–H and O–H groups in total. The van der Waals surface area contributed by atoms with Crippen molar-refractivity contribution < 1.29 is 48.9 Å². The van der Waals surface area contributed by atoms with E-state index in [9.17, 15) is 9.90 Å². The van der Waals surface area contributed by atoms with Gasteiger partial charge in [0, 0.05) is 19.7 Å². The Labute approximate surface area is 165 Å². The van der Waals surface area contributed by atoms with E-state index in [1.807, 2.05) is 0 Å². The van der Waals surface area contributed by atoms with Gasteiger partial charge in [-0.2, -0.15) is 4.98 Å². The number of aryl methyl sites for hydroxylation is 1. The number of hydrogen-bond donors (Lipinski definition) is 0. The number of ether oxygens (including phenoxy) is 2. The fourth-order valence-corrected chi connectivity index (χ4v) is 2.89. The summed E-state index contributed by atoms with van der Waals surface area (Å²) in [6, 6.07) is 1.99. The van der Waals surface area contributed by atoms with Gasteiger partial charge in [-0.05, 0) is 32.6 Å². The maximum atomic E-state index is 11.1. The fraction of sp³-hybridized carbons (Fsp3) is 0.688. The maximum absolute atomic E-state index is 11.1. The van der Waals surface area contributed by atoms with Gasteiger partial charge >= 0.3 is 29.6 Å². The molecule has 8 heteroatoms. The normalized spacial score (nSPS) is 20.8. The van der Waals surface area contributed by atoms with Crippen molar-refractivity contribution in [2.24, 2.45) is 0 Å². The van der Waals surface area contributed by atoms with Gasteiger partial charge in [0.25, 0.3) is 0 Å². The van der Waals surface area contributed by atoms with Gasteiger partial charge in [0.2, 0.25) is 5.88 Å². The third-order valence-electron chi connectivity index (χ3n) is 4.21. The molecule has 0 radical (unpaired) electrons. The summed E-state index contributed by atoms with van der Waals surface area (Å²) in [6.07, 6.45) is 3.06. The molecular weight excluding hydrogens is 321 g/mol. The summed E-state index contributed by atoms with van der Waals surface area (Å²) in [5, 5.41) is 11.1. The first kappa shape index (κ1) is 21.2. The Morgan fingerprint density at radius 2 is 2.17 bits per heavy atom. The first-order valence-electron chi connectivity index (χ1n) is 7.56. The second kappa shape index (κ2) is 8.47. The van der Waals surface area contributed by atoms with Gasteiger partial charge in [0.1, 0.15) is 11.6 Å². The molecule has 0 aromatic carbocycles. The Kier molecular flexibility index (Phi) is 7.46.